The number of benzene rings is 3. The molecule has 0 aliphatic heterocycles. The fraction of sp³-hybridized carbons (Fsp3) is 0.406. The van der Waals surface area contributed by atoms with Gasteiger partial charge in [-0.25, -0.2) is 4.39 Å². The Balaban J connectivity index is 1.59. The Labute approximate surface area is 219 Å². The number of carboxylic acid groups (broad SMARTS) is 1. The zero-order chi connectivity index (χ0) is 26.2. The number of aliphatic carboxylic acids is 1. The third-order valence-electron chi connectivity index (χ3n) is 7.42. The Kier molecular flexibility index (Phi) is 9.21. The molecule has 1 saturated carbocycles. The van der Waals surface area contributed by atoms with Gasteiger partial charge in [0.05, 0.1) is 13.5 Å². The molecule has 3 aromatic rings. The third-order valence-corrected chi connectivity index (χ3v) is 7.42. The van der Waals surface area contributed by atoms with Crippen LogP contribution in [-0.2, 0) is 11.4 Å². The minimum absolute atomic E-state index is 0.0269. The Morgan fingerprint density at radius 1 is 1.00 bits per heavy atom. The van der Waals surface area contributed by atoms with E-state index in [0.29, 0.717) is 23.8 Å². The van der Waals surface area contributed by atoms with Crippen molar-refractivity contribution in [2.24, 2.45) is 0 Å². The lowest BCUT2D eigenvalue weighted by Crippen LogP contribution is -2.08. The largest absolute Gasteiger partial charge is 0.497 e. The topological polar surface area (TPSA) is 55.8 Å². The van der Waals surface area contributed by atoms with E-state index in [1.54, 1.807) is 19.2 Å². The van der Waals surface area contributed by atoms with Crippen molar-refractivity contribution in [3.8, 4) is 22.6 Å². The van der Waals surface area contributed by atoms with Crippen LogP contribution in [0.1, 0.15) is 86.8 Å². The van der Waals surface area contributed by atoms with Crippen molar-refractivity contribution in [2.75, 3.05) is 7.11 Å². The van der Waals surface area contributed by atoms with Gasteiger partial charge in [-0.15, -0.1) is 0 Å². The quantitative estimate of drug-likeness (QED) is 0.284. The number of carbonyl (C=O) groups is 1. The number of hydrogen-bond donors (Lipinski definition) is 1. The van der Waals surface area contributed by atoms with Gasteiger partial charge in [0, 0.05) is 5.56 Å². The molecule has 0 radical (unpaired) electrons. The summed E-state index contributed by atoms with van der Waals surface area (Å²) in [6, 6.07) is 18.9. The molecule has 0 heterocycles. The number of carboxylic acids is 1. The SMILES string of the molecule is CCC[C@@H](CC(=O)O)c1cccc(OCc2ccc(-c3cc(OC)ccc3F)c(C3CCCCC3)c2)c1. The summed E-state index contributed by atoms with van der Waals surface area (Å²) in [4.78, 5) is 11.3. The Bertz CT molecular complexity index is 1200. The zero-order valence-electron chi connectivity index (χ0n) is 21.8. The molecule has 5 heteroatoms. The van der Waals surface area contributed by atoms with E-state index in [0.717, 1.165) is 48.1 Å². The molecule has 3 aromatic carbocycles. The van der Waals surface area contributed by atoms with Crippen molar-refractivity contribution >= 4 is 5.97 Å². The van der Waals surface area contributed by atoms with E-state index in [1.165, 1.54) is 30.9 Å². The molecule has 1 fully saturated rings. The molecule has 1 N–H and O–H groups in total. The molecule has 0 amide bonds. The van der Waals surface area contributed by atoms with Crippen molar-refractivity contribution in [3.05, 3.63) is 83.2 Å². The van der Waals surface area contributed by atoms with Gasteiger partial charge in [-0.2, -0.15) is 0 Å². The first-order chi connectivity index (χ1) is 18.0. The van der Waals surface area contributed by atoms with Gasteiger partial charge in [0.15, 0.2) is 0 Å². The summed E-state index contributed by atoms with van der Waals surface area (Å²) >= 11 is 0. The molecule has 1 atom stereocenters. The van der Waals surface area contributed by atoms with Gasteiger partial charge in [0.2, 0.25) is 0 Å². The summed E-state index contributed by atoms with van der Waals surface area (Å²) < 4.78 is 26.5. The van der Waals surface area contributed by atoms with Gasteiger partial charge in [0.25, 0.3) is 0 Å². The molecule has 0 saturated heterocycles. The maximum Gasteiger partial charge on any atom is 0.303 e. The van der Waals surface area contributed by atoms with Gasteiger partial charge in [-0.05, 0) is 83.7 Å². The maximum atomic E-state index is 14.9. The lowest BCUT2D eigenvalue weighted by atomic mass is 9.80. The molecule has 0 aromatic heterocycles. The van der Waals surface area contributed by atoms with Gasteiger partial charge in [-0.1, -0.05) is 62.9 Å². The van der Waals surface area contributed by atoms with Crippen LogP contribution in [0, 0.1) is 5.82 Å². The van der Waals surface area contributed by atoms with Crippen molar-refractivity contribution in [1.29, 1.82) is 0 Å². The van der Waals surface area contributed by atoms with E-state index in [1.807, 2.05) is 36.4 Å². The maximum absolute atomic E-state index is 14.9. The summed E-state index contributed by atoms with van der Waals surface area (Å²) in [5.41, 5.74) is 4.69. The fourth-order valence-electron chi connectivity index (χ4n) is 5.51. The Morgan fingerprint density at radius 2 is 1.81 bits per heavy atom. The van der Waals surface area contributed by atoms with Crippen LogP contribution in [0.15, 0.2) is 60.7 Å². The highest BCUT2D eigenvalue weighted by Crippen LogP contribution is 2.40. The highest BCUT2D eigenvalue weighted by Gasteiger charge is 2.22. The van der Waals surface area contributed by atoms with Gasteiger partial charge in [-0.3, -0.25) is 4.79 Å². The van der Waals surface area contributed by atoms with Crippen LogP contribution in [0.5, 0.6) is 11.5 Å². The molecular weight excluding hydrogens is 467 g/mol. The van der Waals surface area contributed by atoms with Crippen molar-refractivity contribution in [3.63, 3.8) is 0 Å². The molecule has 0 unspecified atom stereocenters. The van der Waals surface area contributed by atoms with E-state index in [4.69, 9.17) is 9.47 Å². The van der Waals surface area contributed by atoms with E-state index < -0.39 is 5.97 Å². The summed E-state index contributed by atoms with van der Waals surface area (Å²) in [7, 11) is 1.60. The first-order valence-corrected chi connectivity index (χ1v) is 13.4. The van der Waals surface area contributed by atoms with Crippen LogP contribution in [0.4, 0.5) is 4.39 Å². The van der Waals surface area contributed by atoms with Crippen LogP contribution in [0.3, 0.4) is 0 Å². The number of methoxy groups -OCH3 is 1. The Morgan fingerprint density at radius 3 is 2.54 bits per heavy atom. The van der Waals surface area contributed by atoms with Crippen LogP contribution < -0.4 is 9.47 Å². The van der Waals surface area contributed by atoms with Gasteiger partial charge in [0.1, 0.15) is 23.9 Å². The first-order valence-electron chi connectivity index (χ1n) is 13.4. The average molecular weight is 505 g/mol. The Hall–Kier alpha value is -3.34. The summed E-state index contributed by atoms with van der Waals surface area (Å²) in [6.07, 6.45) is 7.70. The normalized spacial score (nSPS) is 14.8. The van der Waals surface area contributed by atoms with Crippen LogP contribution in [-0.4, -0.2) is 18.2 Å². The number of ether oxygens (including phenoxy) is 2. The molecule has 1 aliphatic rings. The highest BCUT2D eigenvalue weighted by molar-refractivity contribution is 5.71. The molecule has 4 rings (SSSR count). The molecule has 196 valence electrons. The second-order valence-corrected chi connectivity index (χ2v) is 10.0. The standard InChI is InChI=1S/C32H37FO4/c1-3-8-24(19-32(34)35)25-11-7-12-27(18-25)37-21-22-13-15-28(29(17-22)23-9-5-4-6-10-23)30-20-26(36-2)14-16-31(30)33/h7,11-18,20,23-24H,3-6,8-10,19,21H2,1-2H3,(H,34,35)/t24-/m0/s1. The fourth-order valence-corrected chi connectivity index (χ4v) is 5.51. The van der Waals surface area contributed by atoms with Crippen LogP contribution in [0.2, 0.25) is 0 Å². The van der Waals surface area contributed by atoms with Crippen LogP contribution in [0.25, 0.3) is 11.1 Å². The molecule has 4 nitrogen and oxygen atoms in total. The molecule has 1 aliphatic carbocycles. The minimum atomic E-state index is -0.785. The first kappa shape index (κ1) is 26.7. The molecule has 0 spiro atoms. The smallest absolute Gasteiger partial charge is 0.303 e. The van der Waals surface area contributed by atoms with Crippen molar-refractivity contribution in [1.82, 2.24) is 0 Å². The van der Waals surface area contributed by atoms with E-state index in [-0.39, 0.29) is 18.2 Å². The van der Waals surface area contributed by atoms with E-state index in [9.17, 15) is 14.3 Å². The third kappa shape index (κ3) is 6.91. The monoisotopic (exact) mass is 504 g/mol. The van der Waals surface area contributed by atoms with Crippen molar-refractivity contribution in [2.45, 2.75) is 76.7 Å². The lowest BCUT2D eigenvalue weighted by molar-refractivity contribution is -0.137. The molecule has 37 heavy (non-hydrogen) atoms. The predicted molar refractivity (Wildman–Crippen MR) is 145 cm³/mol. The van der Waals surface area contributed by atoms with Gasteiger partial charge >= 0.3 is 5.97 Å². The highest BCUT2D eigenvalue weighted by atomic mass is 19.1. The zero-order valence-corrected chi connectivity index (χ0v) is 21.8. The number of hydrogen-bond acceptors (Lipinski definition) is 3. The second kappa shape index (κ2) is 12.8. The van der Waals surface area contributed by atoms with E-state index >= 15 is 0 Å². The van der Waals surface area contributed by atoms with Crippen LogP contribution >= 0.6 is 0 Å². The predicted octanol–water partition coefficient (Wildman–Crippen LogP) is 8.49. The number of rotatable bonds is 11. The minimum Gasteiger partial charge on any atom is -0.497 e. The van der Waals surface area contributed by atoms with Crippen molar-refractivity contribution < 1.29 is 23.8 Å². The second-order valence-electron chi connectivity index (χ2n) is 10.0. The number of halogens is 1. The summed E-state index contributed by atoms with van der Waals surface area (Å²) in [6.45, 7) is 2.46. The average Bonchev–Trinajstić information content (AvgIpc) is 2.92. The van der Waals surface area contributed by atoms with Gasteiger partial charge < -0.3 is 14.6 Å². The molecular formula is C32H37FO4. The summed E-state index contributed by atoms with van der Waals surface area (Å²) in [5.74, 6) is 0.701. The lowest BCUT2D eigenvalue weighted by Gasteiger charge is -2.25. The van der Waals surface area contributed by atoms with E-state index in [2.05, 4.69) is 13.0 Å². The summed E-state index contributed by atoms with van der Waals surface area (Å²) in [5, 5.41) is 9.32. The molecule has 0 bridgehead atoms.